The first-order valence-corrected chi connectivity index (χ1v) is 5.30. The zero-order chi connectivity index (χ0) is 11.2. The summed E-state index contributed by atoms with van der Waals surface area (Å²) >= 11 is 2.00. The SMILES string of the molecule is Cn1c(O)c(I)c2cc(C(=O)O)ccc21. The van der Waals surface area contributed by atoms with Gasteiger partial charge in [0.25, 0.3) is 0 Å². The second-order valence-corrected chi connectivity index (χ2v) is 4.31. The number of fused-ring (bicyclic) bond motifs is 1. The van der Waals surface area contributed by atoms with E-state index < -0.39 is 5.97 Å². The number of carboxylic acids is 1. The van der Waals surface area contributed by atoms with Crippen LogP contribution in [0.4, 0.5) is 0 Å². The quantitative estimate of drug-likeness (QED) is 0.793. The molecule has 0 bridgehead atoms. The molecule has 0 atom stereocenters. The van der Waals surface area contributed by atoms with Gasteiger partial charge in [-0.2, -0.15) is 0 Å². The van der Waals surface area contributed by atoms with Gasteiger partial charge in [0.1, 0.15) is 0 Å². The van der Waals surface area contributed by atoms with Crippen LogP contribution in [0.1, 0.15) is 10.4 Å². The highest BCUT2D eigenvalue weighted by Crippen LogP contribution is 2.31. The van der Waals surface area contributed by atoms with Crippen LogP contribution in [0.5, 0.6) is 5.88 Å². The van der Waals surface area contributed by atoms with Crippen molar-refractivity contribution < 1.29 is 15.0 Å². The fourth-order valence-corrected chi connectivity index (χ4v) is 2.31. The van der Waals surface area contributed by atoms with Crippen LogP contribution in [0.3, 0.4) is 0 Å². The third kappa shape index (κ3) is 1.46. The van der Waals surface area contributed by atoms with Crippen molar-refractivity contribution in [3.8, 4) is 5.88 Å². The van der Waals surface area contributed by atoms with Crippen LogP contribution in [-0.2, 0) is 7.05 Å². The zero-order valence-corrected chi connectivity index (χ0v) is 10.0. The van der Waals surface area contributed by atoms with Crippen molar-refractivity contribution in [2.75, 3.05) is 0 Å². The molecule has 0 aliphatic rings. The van der Waals surface area contributed by atoms with Crippen molar-refractivity contribution in [2.45, 2.75) is 0 Å². The van der Waals surface area contributed by atoms with Gasteiger partial charge in [-0.15, -0.1) is 0 Å². The minimum Gasteiger partial charge on any atom is -0.494 e. The number of halogens is 1. The van der Waals surface area contributed by atoms with Crippen molar-refractivity contribution in [1.29, 1.82) is 0 Å². The van der Waals surface area contributed by atoms with E-state index in [9.17, 15) is 9.90 Å². The molecule has 1 aromatic heterocycles. The molecule has 0 amide bonds. The summed E-state index contributed by atoms with van der Waals surface area (Å²) in [5.41, 5.74) is 1.05. The van der Waals surface area contributed by atoms with Gasteiger partial charge in [-0.25, -0.2) is 4.79 Å². The van der Waals surface area contributed by atoms with E-state index >= 15 is 0 Å². The van der Waals surface area contributed by atoms with Crippen LogP contribution < -0.4 is 0 Å². The summed E-state index contributed by atoms with van der Waals surface area (Å²) < 4.78 is 2.30. The lowest BCUT2D eigenvalue weighted by Gasteiger charge is -1.97. The Kier molecular flexibility index (Phi) is 2.34. The first-order valence-electron chi connectivity index (χ1n) is 4.22. The van der Waals surface area contributed by atoms with Crippen molar-refractivity contribution in [1.82, 2.24) is 4.57 Å². The highest BCUT2D eigenvalue weighted by molar-refractivity contribution is 14.1. The fraction of sp³-hybridized carbons (Fsp3) is 0.100. The minimum absolute atomic E-state index is 0.160. The molecule has 0 saturated carbocycles. The Balaban J connectivity index is 2.82. The van der Waals surface area contributed by atoms with Crippen LogP contribution in [-0.4, -0.2) is 20.7 Å². The Morgan fingerprint density at radius 3 is 2.73 bits per heavy atom. The van der Waals surface area contributed by atoms with Gasteiger partial charge in [0.15, 0.2) is 0 Å². The van der Waals surface area contributed by atoms with E-state index in [1.54, 1.807) is 23.7 Å². The molecule has 0 spiro atoms. The van der Waals surface area contributed by atoms with Gasteiger partial charge < -0.3 is 14.8 Å². The van der Waals surface area contributed by atoms with Gasteiger partial charge in [0.2, 0.25) is 5.88 Å². The first-order chi connectivity index (χ1) is 7.02. The molecular weight excluding hydrogens is 309 g/mol. The number of benzene rings is 1. The van der Waals surface area contributed by atoms with Crippen LogP contribution in [0.25, 0.3) is 10.9 Å². The van der Waals surface area contributed by atoms with Gasteiger partial charge in [-0.1, -0.05) is 0 Å². The summed E-state index contributed by atoms with van der Waals surface area (Å²) in [6, 6.07) is 4.79. The second-order valence-electron chi connectivity index (χ2n) is 3.23. The molecule has 2 aromatic rings. The maximum absolute atomic E-state index is 10.8. The lowest BCUT2D eigenvalue weighted by molar-refractivity contribution is 0.0697. The Hall–Kier alpha value is -1.24. The van der Waals surface area contributed by atoms with Crippen LogP contribution in [0.15, 0.2) is 18.2 Å². The fourth-order valence-electron chi connectivity index (χ4n) is 1.52. The third-order valence-electron chi connectivity index (χ3n) is 2.36. The van der Waals surface area contributed by atoms with Crippen molar-refractivity contribution in [2.24, 2.45) is 7.05 Å². The molecule has 1 heterocycles. The summed E-state index contributed by atoms with van der Waals surface area (Å²) in [6.07, 6.45) is 0. The summed E-state index contributed by atoms with van der Waals surface area (Å²) in [5.74, 6) is -0.802. The highest BCUT2D eigenvalue weighted by atomic mass is 127. The lowest BCUT2D eigenvalue weighted by Crippen LogP contribution is -1.95. The van der Waals surface area contributed by atoms with Gasteiger partial charge in [-0.3, -0.25) is 0 Å². The summed E-state index contributed by atoms with van der Waals surface area (Å²) in [6.45, 7) is 0. The van der Waals surface area contributed by atoms with Crippen molar-refractivity contribution in [3.05, 3.63) is 27.3 Å². The molecule has 2 N–H and O–H groups in total. The molecule has 4 nitrogen and oxygen atoms in total. The number of hydrogen-bond donors (Lipinski definition) is 2. The normalized spacial score (nSPS) is 10.8. The predicted molar refractivity (Wildman–Crippen MR) is 64.3 cm³/mol. The molecule has 15 heavy (non-hydrogen) atoms. The van der Waals surface area contributed by atoms with E-state index in [2.05, 4.69) is 0 Å². The number of carbonyl (C=O) groups is 1. The van der Waals surface area contributed by atoms with Crippen molar-refractivity contribution >= 4 is 39.5 Å². The molecule has 78 valence electrons. The first kappa shape index (κ1) is 10.3. The molecule has 1 aromatic carbocycles. The Labute approximate surface area is 99.3 Å². The van der Waals surface area contributed by atoms with E-state index in [1.807, 2.05) is 22.6 Å². The summed E-state index contributed by atoms with van der Waals surface area (Å²) in [5, 5.41) is 19.3. The molecule has 0 fully saturated rings. The standard InChI is InChI=1S/C10H8INO3/c1-12-7-3-2-5(10(14)15)4-6(7)8(11)9(12)13/h2-4,13H,1H3,(H,14,15). The topological polar surface area (TPSA) is 62.5 Å². The van der Waals surface area contributed by atoms with E-state index in [0.717, 1.165) is 10.9 Å². The molecule has 2 rings (SSSR count). The zero-order valence-electron chi connectivity index (χ0n) is 7.86. The van der Waals surface area contributed by atoms with Gasteiger partial charge in [0.05, 0.1) is 14.7 Å². The van der Waals surface area contributed by atoms with Crippen molar-refractivity contribution in [3.63, 3.8) is 0 Å². The van der Waals surface area contributed by atoms with Crippen LogP contribution in [0.2, 0.25) is 0 Å². The summed E-state index contributed by atoms with van der Waals surface area (Å²) in [4.78, 5) is 10.8. The number of hydrogen-bond acceptors (Lipinski definition) is 2. The minimum atomic E-state index is -0.962. The van der Waals surface area contributed by atoms with Crippen LogP contribution >= 0.6 is 22.6 Å². The summed E-state index contributed by atoms with van der Waals surface area (Å²) in [7, 11) is 1.74. The Bertz CT molecular complexity index is 559. The van der Waals surface area contributed by atoms with E-state index in [4.69, 9.17) is 5.11 Å². The second kappa shape index (κ2) is 3.41. The molecule has 5 heteroatoms. The van der Waals surface area contributed by atoms with E-state index in [-0.39, 0.29) is 11.4 Å². The molecule has 0 aliphatic carbocycles. The molecular formula is C10H8INO3. The molecule has 0 unspecified atom stereocenters. The smallest absolute Gasteiger partial charge is 0.335 e. The Morgan fingerprint density at radius 2 is 2.13 bits per heavy atom. The molecule has 0 aliphatic heterocycles. The monoisotopic (exact) mass is 317 g/mol. The third-order valence-corrected chi connectivity index (χ3v) is 3.42. The number of aryl methyl sites for hydroxylation is 1. The average Bonchev–Trinajstić information content (AvgIpc) is 2.44. The van der Waals surface area contributed by atoms with Gasteiger partial charge in [-0.05, 0) is 40.8 Å². The van der Waals surface area contributed by atoms with Gasteiger partial charge >= 0.3 is 5.97 Å². The number of nitrogens with zero attached hydrogens (tertiary/aromatic N) is 1. The number of carboxylic acid groups (broad SMARTS) is 1. The lowest BCUT2D eigenvalue weighted by atomic mass is 10.1. The largest absolute Gasteiger partial charge is 0.494 e. The maximum Gasteiger partial charge on any atom is 0.335 e. The van der Waals surface area contributed by atoms with Crippen LogP contribution in [0, 0.1) is 3.57 Å². The average molecular weight is 317 g/mol. The maximum atomic E-state index is 10.8. The predicted octanol–water partition coefficient (Wildman–Crippen LogP) is 2.19. The van der Waals surface area contributed by atoms with E-state index in [0.29, 0.717) is 3.57 Å². The molecule has 0 radical (unpaired) electrons. The van der Waals surface area contributed by atoms with Gasteiger partial charge in [0, 0.05) is 12.4 Å². The number of rotatable bonds is 1. The number of aromatic hydroxyl groups is 1. The Morgan fingerprint density at radius 1 is 1.47 bits per heavy atom. The molecule has 0 saturated heterocycles. The number of aromatic carboxylic acids is 1. The highest BCUT2D eigenvalue weighted by Gasteiger charge is 2.13. The number of aromatic nitrogens is 1. The van der Waals surface area contributed by atoms with E-state index in [1.165, 1.54) is 6.07 Å².